The van der Waals surface area contributed by atoms with Crippen LogP contribution < -0.4 is 20.7 Å². The molecule has 0 aliphatic carbocycles. The van der Waals surface area contributed by atoms with E-state index in [1.807, 2.05) is 67.8 Å². The summed E-state index contributed by atoms with van der Waals surface area (Å²) in [6, 6.07) is 21.0. The molecule has 1 aliphatic heterocycles. The summed E-state index contributed by atoms with van der Waals surface area (Å²) in [5.74, 6) is -0.417. The highest BCUT2D eigenvalue weighted by atomic mass is 32.2. The molecule has 0 spiro atoms. The van der Waals surface area contributed by atoms with E-state index in [0.717, 1.165) is 22.5 Å². The zero-order chi connectivity index (χ0) is 27.1. The number of carbonyl (C=O) groups is 2. The molecule has 1 aromatic heterocycles. The normalized spacial score (nSPS) is 14.9. The van der Waals surface area contributed by atoms with Crippen molar-refractivity contribution in [2.45, 2.75) is 26.2 Å². The lowest BCUT2D eigenvalue weighted by Gasteiger charge is -2.29. The second-order valence-corrected chi connectivity index (χ2v) is 10.4. The largest absolute Gasteiger partial charge is 0.495 e. The molecule has 0 saturated heterocycles. The number of carbonyl (C=O) groups excluding carboxylic acids is 2. The molecular weight excluding hydrogens is 516 g/mol. The SMILES string of the molecule is CCc1ccccc1NC(=O)CSC1=C(C#N)[C@H](c2cccs2)C(C(=O)Nc2ccccc2OC)=C(C)N1. The van der Waals surface area contributed by atoms with Crippen LogP contribution in [0.25, 0.3) is 0 Å². The predicted molar refractivity (Wildman–Crippen MR) is 154 cm³/mol. The third-order valence-corrected chi connectivity index (χ3v) is 8.05. The summed E-state index contributed by atoms with van der Waals surface area (Å²) in [5, 5.41) is 21.9. The van der Waals surface area contributed by atoms with Gasteiger partial charge in [0.25, 0.3) is 5.91 Å². The molecule has 2 heterocycles. The number of dihydropyridines is 1. The third-order valence-electron chi connectivity index (χ3n) is 6.09. The van der Waals surface area contributed by atoms with Crippen LogP contribution in [0, 0.1) is 11.3 Å². The van der Waals surface area contributed by atoms with Gasteiger partial charge >= 0.3 is 0 Å². The number of allylic oxidation sites excluding steroid dienone is 2. The van der Waals surface area contributed by atoms with E-state index < -0.39 is 5.92 Å². The molecule has 0 fully saturated rings. The Hall–Kier alpha value is -4.00. The first-order valence-corrected chi connectivity index (χ1v) is 13.9. The number of thioether (sulfide) groups is 1. The Bertz CT molecular complexity index is 1440. The van der Waals surface area contributed by atoms with Crippen molar-refractivity contribution in [2.24, 2.45) is 0 Å². The number of nitriles is 1. The summed E-state index contributed by atoms with van der Waals surface area (Å²) in [5.41, 5.74) is 3.84. The molecule has 0 unspecified atom stereocenters. The van der Waals surface area contributed by atoms with Gasteiger partial charge < -0.3 is 20.7 Å². The minimum atomic E-state index is -0.567. The number of aryl methyl sites for hydroxylation is 1. The van der Waals surface area contributed by atoms with Crippen LogP contribution >= 0.6 is 23.1 Å². The molecule has 3 aromatic rings. The first-order valence-electron chi connectivity index (χ1n) is 12.1. The lowest BCUT2D eigenvalue weighted by atomic mass is 9.86. The van der Waals surface area contributed by atoms with Crippen molar-refractivity contribution >= 4 is 46.3 Å². The Balaban J connectivity index is 1.59. The van der Waals surface area contributed by atoms with Gasteiger partial charge in [0, 0.05) is 21.8 Å². The van der Waals surface area contributed by atoms with Crippen LogP contribution in [0.1, 0.15) is 30.2 Å². The van der Waals surface area contributed by atoms with Crippen LogP contribution in [-0.2, 0) is 16.0 Å². The van der Waals surface area contributed by atoms with Gasteiger partial charge in [-0.15, -0.1) is 11.3 Å². The van der Waals surface area contributed by atoms with Crippen molar-refractivity contribution < 1.29 is 14.3 Å². The van der Waals surface area contributed by atoms with E-state index in [1.165, 1.54) is 23.1 Å². The van der Waals surface area contributed by atoms with Gasteiger partial charge in [0.15, 0.2) is 0 Å². The van der Waals surface area contributed by atoms with Gasteiger partial charge in [-0.2, -0.15) is 5.26 Å². The molecular formula is C29H28N4O3S2. The number of para-hydroxylation sites is 3. The Labute approximate surface area is 230 Å². The Morgan fingerprint density at radius 1 is 1.08 bits per heavy atom. The number of thiophene rings is 1. The van der Waals surface area contributed by atoms with E-state index >= 15 is 0 Å². The number of benzene rings is 2. The van der Waals surface area contributed by atoms with E-state index in [4.69, 9.17) is 4.74 Å². The zero-order valence-corrected chi connectivity index (χ0v) is 23.0. The Morgan fingerprint density at radius 2 is 1.82 bits per heavy atom. The maximum Gasteiger partial charge on any atom is 0.254 e. The fraction of sp³-hybridized carbons (Fsp3) is 0.207. The summed E-state index contributed by atoms with van der Waals surface area (Å²) in [6.45, 7) is 3.85. The average molecular weight is 545 g/mol. The van der Waals surface area contributed by atoms with Gasteiger partial charge in [0.05, 0.1) is 41.1 Å². The molecule has 0 radical (unpaired) electrons. The standard InChI is InChI=1S/C29H28N4O3S2/c1-4-19-10-5-6-11-21(19)32-25(34)17-38-29-20(16-30)27(24-14-9-15-37-24)26(18(2)31-29)28(35)33-22-12-7-8-13-23(22)36-3/h5-15,27,31H,4,17H2,1-3H3,(H,32,34)(H,33,35)/t27-/m1/s1. The van der Waals surface area contributed by atoms with E-state index in [0.29, 0.717) is 33.3 Å². The maximum absolute atomic E-state index is 13.6. The van der Waals surface area contributed by atoms with Crippen molar-refractivity contribution in [3.05, 3.63) is 98.4 Å². The van der Waals surface area contributed by atoms with Crippen molar-refractivity contribution in [1.29, 1.82) is 5.26 Å². The van der Waals surface area contributed by atoms with Gasteiger partial charge in [-0.3, -0.25) is 9.59 Å². The second kappa shape index (κ2) is 12.5. The molecule has 2 amide bonds. The monoisotopic (exact) mass is 544 g/mol. The molecule has 194 valence electrons. The molecule has 1 aliphatic rings. The molecule has 4 rings (SSSR count). The number of ether oxygens (including phenoxy) is 1. The van der Waals surface area contributed by atoms with Gasteiger partial charge in [-0.25, -0.2) is 0 Å². The summed E-state index contributed by atoms with van der Waals surface area (Å²) in [7, 11) is 1.54. The van der Waals surface area contributed by atoms with Crippen molar-refractivity contribution in [2.75, 3.05) is 23.5 Å². The molecule has 2 aromatic carbocycles. The highest BCUT2D eigenvalue weighted by molar-refractivity contribution is 8.03. The molecule has 1 atom stereocenters. The van der Waals surface area contributed by atoms with Crippen molar-refractivity contribution in [3.63, 3.8) is 0 Å². The van der Waals surface area contributed by atoms with Crippen molar-refractivity contribution in [1.82, 2.24) is 5.32 Å². The summed E-state index contributed by atoms with van der Waals surface area (Å²) in [6.07, 6.45) is 0.807. The van der Waals surface area contributed by atoms with E-state index in [9.17, 15) is 14.9 Å². The van der Waals surface area contributed by atoms with E-state index in [1.54, 1.807) is 19.2 Å². The van der Waals surface area contributed by atoms with Crippen LogP contribution in [0.15, 0.2) is 87.9 Å². The van der Waals surface area contributed by atoms with Crippen LogP contribution in [-0.4, -0.2) is 24.7 Å². The van der Waals surface area contributed by atoms with Gasteiger partial charge in [-0.1, -0.05) is 55.1 Å². The lowest BCUT2D eigenvalue weighted by molar-refractivity contribution is -0.114. The molecule has 0 bridgehead atoms. The third kappa shape index (κ3) is 5.93. The fourth-order valence-electron chi connectivity index (χ4n) is 4.28. The van der Waals surface area contributed by atoms with Gasteiger partial charge in [0.2, 0.25) is 5.91 Å². The van der Waals surface area contributed by atoms with Gasteiger partial charge in [0.1, 0.15) is 5.75 Å². The van der Waals surface area contributed by atoms with Gasteiger partial charge in [-0.05, 0) is 48.6 Å². The van der Waals surface area contributed by atoms with Crippen LogP contribution in [0.3, 0.4) is 0 Å². The summed E-state index contributed by atoms with van der Waals surface area (Å²) in [4.78, 5) is 27.2. The smallest absolute Gasteiger partial charge is 0.254 e. The van der Waals surface area contributed by atoms with Crippen LogP contribution in [0.5, 0.6) is 5.75 Å². The molecule has 9 heteroatoms. The quantitative estimate of drug-likeness (QED) is 0.304. The molecule has 7 nitrogen and oxygen atoms in total. The van der Waals surface area contributed by atoms with E-state index in [2.05, 4.69) is 22.0 Å². The number of hydrogen-bond acceptors (Lipinski definition) is 7. The minimum Gasteiger partial charge on any atom is -0.495 e. The van der Waals surface area contributed by atoms with Crippen molar-refractivity contribution in [3.8, 4) is 11.8 Å². The average Bonchev–Trinajstić information content (AvgIpc) is 3.46. The highest BCUT2D eigenvalue weighted by Gasteiger charge is 2.35. The number of amides is 2. The Kier molecular flexibility index (Phi) is 8.89. The molecule has 3 N–H and O–H groups in total. The Morgan fingerprint density at radius 3 is 2.50 bits per heavy atom. The summed E-state index contributed by atoms with van der Waals surface area (Å²) >= 11 is 2.73. The number of hydrogen-bond donors (Lipinski definition) is 3. The van der Waals surface area contributed by atoms with E-state index in [-0.39, 0.29) is 17.6 Å². The van der Waals surface area contributed by atoms with Crippen LogP contribution in [0.4, 0.5) is 11.4 Å². The highest BCUT2D eigenvalue weighted by Crippen LogP contribution is 2.42. The number of nitrogens with one attached hydrogen (secondary N) is 3. The summed E-state index contributed by atoms with van der Waals surface area (Å²) < 4.78 is 5.38. The maximum atomic E-state index is 13.6. The first-order chi connectivity index (χ1) is 18.5. The predicted octanol–water partition coefficient (Wildman–Crippen LogP) is 6.03. The second-order valence-electron chi connectivity index (χ2n) is 8.47. The first kappa shape index (κ1) is 27.0. The van der Waals surface area contributed by atoms with Crippen LogP contribution in [0.2, 0.25) is 0 Å². The number of methoxy groups -OCH3 is 1. The minimum absolute atomic E-state index is 0.110. The topological polar surface area (TPSA) is 103 Å². The molecule has 38 heavy (non-hydrogen) atoms. The number of rotatable bonds is 9. The molecule has 0 saturated carbocycles. The number of nitrogens with zero attached hydrogens (tertiary/aromatic N) is 1. The lowest BCUT2D eigenvalue weighted by Crippen LogP contribution is -2.31. The number of anilines is 2. The fourth-order valence-corrected chi connectivity index (χ4v) is 6.01. The zero-order valence-electron chi connectivity index (χ0n) is 21.3.